The molecule has 2 heterocycles. The van der Waals surface area contributed by atoms with Gasteiger partial charge >= 0.3 is 17.5 Å². The lowest BCUT2D eigenvalue weighted by atomic mass is 10.2. The molecule has 39 heavy (non-hydrogen) atoms. The van der Waals surface area contributed by atoms with Gasteiger partial charge in [-0.2, -0.15) is 0 Å². The summed E-state index contributed by atoms with van der Waals surface area (Å²) in [5, 5.41) is 2.54. The second kappa shape index (κ2) is 11.0. The van der Waals surface area contributed by atoms with Crippen molar-refractivity contribution in [3.05, 3.63) is 69.0 Å². The number of nitrogen functional groups attached to an aromatic ring is 1. The van der Waals surface area contributed by atoms with Gasteiger partial charge in [0.15, 0.2) is 11.6 Å². The first-order valence-corrected chi connectivity index (χ1v) is 12.2. The highest BCUT2D eigenvalue weighted by Crippen LogP contribution is 2.31. The Morgan fingerprint density at radius 3 is 2.33 bits per heavy atom. The zero-order chi connectivity index (χ0) is 28.4. The van der Waals surface area contributed by atoms with Gasteiger partial charge in [0, 0.05) is 44.9 Å². The number of nitrogens with one attached hydrogen (secondary N) is 1. The van der Waals surface area contributed by atoms with E-state index >= 15 is 8.78 Å². The Balaban J connectivity index is 1.54. The second-order valence-corrected chi connectivity index (χ2v) is 9.03. The summed E-state index contributed by atoms with van der Waals surface area (Å²) in [7, 11) is 1.43. The Labute approximate surface area is 221 Å². The van der Waals surface area contributed by atoms with Crippen molar-refractivity contribution in [3.8, 4) is 5.69 Å². The molecular formula is C25H29F2N7O5. The van der Waals surface area contributed by atoms with Crippen molar-refractivity contribution < 1.29 is 23.1 Å². The molecule has 1 aliphatic rings. The minimum Gasteiger partial charge on any atom is -0.442 e. The monoisotopic (exact) mass is 545 g/mol. The lowest BCUT2D eigenvalue weighted by molar-refractivity contribution is -0.119. The normalized spacial score (nSPS) is 14.9. The Bertz CT molecular complexity index is 1490. The first-order valence-electron chi connectivity index (χ1n) is 12.2. The molecule has 14 heteroatoms. The topological polar surface area (TPSA) is 137 Å². The highest BCUT2D eigenvalue weighted by molar-refractivity contribution is 5.90. The summed E-state index contributed by atoms with van der Waals surface area (Å²) in [6.07, 6.45) is -1.44. The Kier molecular flexibility index (Phi) is 7.74. The average molecular weight is 546 g/mol. The van der Waals surface area contributed by atoms with Gasteiger partial charge in [-0.15, -0.1) is 0 Å². The summed E-state index contributed by atoms with van der Waals surface area (Å²) >= 11 is 0. The number of likely N-dealkylation sites (N-methyl/N-ethyl adjacent to an activating group) is 1. The number of anilines is 3. The molecule has 1 saturated heterocycles. The number of nitrogens with zero attached hydrogens (tertiary/aromatic N) is 5. The number of carbonyl (C=O) groups is 2. The number of halogens is 2. The zero-order valence-electron chi connectivity index (χ0n) is 21.7. The van der Waals surface area contributed by atoms with E-state index < -0.39 is 35.2 Å². The van der Waals surface area contributed by atoms with Crippen molar-refractivity contribution >= 4 is 29.1 Å². The highest BCUT2D eigenvalue weighted by Gasteiger charge is 2.33. The molecule has 208 valence electrons. The molecule has 0 bridgehead atoms. The molecule has 0 aliphatic carbocycles. The second-order valence-electron chi connectivity index (χ2n) is 9.03. The first-order chi connectivity index (χ1) is 18.5. The minimum atomic E-state index is -0.911. The number of hydrogen-bond donors (Lipinski definition) is 2. The van der Waals surface area contributed by atoms with Gasteiger partial charge in [0.2, 0.25) is 5.91 Å². The van der Waals surface area contributed by atoms with E-state index in [1.54, 1.807) is 31.2 Å². The third-order valence-electron chi connectivity index (χ3n) is 6.44. The van der Waals surface area contributed by atoms with Gasteiger partial charge in [-0.25, -0.2) is 37.1 Å². The zero-order valence-corrected chi connectivity index (χ0v) is 21.7. The largest absolute Gasteiger partial charge is 0.442 e. The maximum atomic E-state index is 15.2. The molecular weight excluding hydrogens is 516 g/mol. The number of ether oxygens (including phenoxy) is 1. The van der Waals surface area contributed by atoms with E-state index in [2.05, 4.69) is 5.32 Å². The summed E-state index contributed by atoms with van der Waals surface area (Å²) in [5.41, 5.74) is 4.95. The van der Waals surface area contributed by atoms with Crippen LogP contribution in [0.25, 0.3) is 5.69 Å². The minimum absolute atomic E-state index is 0.00711. The van der Waals surface area contributed by atoms with Crippen molar-refractivity contribution in [3.63, 3.8) is 0 Å². The van der Waals surface area contributed by atoms with Crippen LogP contribution < -0.4 is 32.2 Å². The standard InChI is InChI=1S/C25H29F2N7O5/c1-4-31(9-10-33-24(37)34(23(36)30(33)3)17-7-5-16(28)6-8-17)22-20(26)11-18(12-21(22)27)32-14-19(39-25(32)38)13-29-15(2)35/h5-8,11-12,19H,4,9-10,13-14,28H2,1-3H3,(H,29,35)/t19-/m0/s1. The Hall–Kier alpha value is -4.62. The van der Waals surface area contributed by atoms with E-state index in [1.165, 1.54) is 23.6 Å². The van der Waals surface area contributed by atoms with E-state index in [-0.39, 0.29) is 50.0 Å². The number of nitrogens with two attached hydrogens (primary N) is 1. The maximum absolute atomic E-state index is 15.2. The molecule has 4 rings (SSSR count). The highest BCUT2D eigenvalue weighted by atomic mass is 19.1. The molecule has 1 aromatic heterocycles. The van der Waals surface area contributed by atoms with Gasteiger partial charge < -0.3 is 20.7 Å². The number of benzene rings is 2. The van der Waals surface area contributed by atoms with Crippen LogP contribution in [0.3, 0.4) is 0 Å². The molecule has 1 atom stereocenters. The molecule has 0 unspecified atom stereocenters. The molecule has 1 fully saturated rings. The van der Waals surface area contributed by atoms with Crippen LogP contribution >= 0.6 is 0 Å². The molecule has 2 amide bonds. The lowest BCUT2D eigenvalue weighted by Gasteiger charge is -2.25. The number of rotatable bonds is 9. The average Bonchev–Trinajstić information content (AvgIpc) is 3.36. The smallest absolute Gasteiger partial charge is 0.414 e. The van der Waals surface area contributed by atoms with Gasteiger partial charge in [0.25, 0.3) is 0 Å². The Morgan fingerprint density at radius 2 is 1.74 bits per heavy atom. The number of amides is 2. The van der Waals surface area contributed by atoms with Crippen molar-refractivity contribution in [2.75, 3.05) is 41.7 Å². The molecule has 0 saturated carbocycles. The number of aromatic nitrogens is 3. The van der Waals surface area contributed by atoms with Gasteiger partial charge in [-0.3, -0.25) is 9.69 Å². The van der Waals surface area contributed by atoms with Crippen molar-refractivity contribution in [1.82, 2.24) is 19.2 Å². The number of carbonyl (C=O) groups excluding carboxylic acids is 2. The maximum Gasteiger partial charge on any atom is 0.414 e. The number of cyclic esters (lactones) is 1. The van der Waals surface area contributed by atoms with Crippen LogP contribution in [0, 0.1) is 11.6 Å². The number of hydrogen-bond acceptors (Lipinski definition) is 7. The SMILES string of the molecule is CCN(CCn1c(=O)n(-c2ccc(N)cc2)c(=O)n1C)c1c(F)cc(N2C[C@H](CNC(C)=O)OC2=O)cc1F. The summed E-state index contributed by atoms with van der Waals surface area (Å²) in [6, 6.07) is 8.29. The summed E-state index contributed by atoms with van der Waals surface area (Å²) in [4.78, 5) is 51.7. The predicted octanol–water partition coefficient (Wildman–Crippen LogP) is 1.19. The van der Waals surface area contributed by atoms with Crippen LogP contribution in [0.2, 0.25) is 0 Å². The van der Waals surface area contributed by atoms with E-state index in [1.807, 2.05) is 0 Å². The molecule has 0 radical (unpaired) electrons. The van der Waals surface area contributed by atoms with E-state index in [0.29, 0.717) is 11.4 Å². The molecule has 3 N–H and O–H groups in total. The fraction of sp³-hybridized carbons (Fsp3) is 0.360. The first kappa shape index (κ1) is 27.4. The van der Waals surface area contributed by atoms with Gasteiger partial charge in [0.05, 0.1) is 31.0 Å². The molecule has 1 aliphatic heterocycles. The third-order valence-corrected chi connectivity index (χ3v) is 6.44. The summed E-state index contributed by atoms with van der Waals surface area (Å²) in [5.74, 6) is -2.12. The van der Waals surface area contributed by atoms with E-state index in [4.69, 9.17) is 10.5 Å². The van der Waals surface area contributed by atoms with Crippen LogP contribution in [0.15, 0.2) is 46.0 Å². The van der Waals surface area contributed by atoms with E-state index in [9.17, 15) is 19.2 Å². The fourth-order valence-corrected chi connectivity index (χ4v) is 4.41. The van der Waals surface area contributed by atoms with Crippen LogP contribution in [-0.2, 0) is 23.1 Å². The molecule has 2 aromatic carbocycles. The van der Waals surface area contributed by atoms with Gasteiger partial charge in [0.1, 0.15) is 11.8 Å². The molecule has 0 spiro atoms. The van der Waals surface area contributed by atoms with Crippen molar-refractivity contribution in [2.24, 2.45) is 7.05 Å². The predicted molar refractivity (Wildman–Crippen MR) is 140 cm³/mol. The van der Waals surface area contributed by atoms with Crippen molar-refractivity contribution in [1.29, 1.82) is 0 Å². The van der Waals surface area contributed by atoms with Crippen LogP contribution in [0.5, 0.6) is 0 Å². The van der Waals surface area contributed by atoms with Crippen molar-refractivity contribution in [2.45, 2.75) is 26.5 Å². The quantitative estimate of drug-likeness (QED) is 0.386. The molecule has 3 aromatic rings. The van der Waals surface area contributed by atoms with Crippen LogP contribution in [0.1, 0.15) is 13.8 Å². The lowest BCUT2D eigenvalue weighted by Crippen LogP contribution is -2.35. The van der Waals surface area contributed by atoms with Gasteiger partial charge in [-0.1, -0.05) is 0 Å². The van der Waals surface area contributed by atoms with Crippen LogP contribution in [0.4, 0.5) is 30.6 Å². The Morgan fingerprint density at radius 1 is 1.10 bits per heavy atom. The van der Waals surface area contributed by atoms with Crippen LogP contribution in [-0.4, -0.2) is 58.2 Å². The summed E-state index contributed by atoms with van der Waals surface area (Å²) < 4.78 is 38.9. The molecule has 12 nitrogen and oxygen atoms in total. The van der Waals surface area contributed by atoms with Gasteiger partial charge in [-0.05, 0) is 31.2 Å². The fourth-order valence-electron chi connectivity index (χ4n) is 4.41. The summed E-state index contributed by atoms with van der Waals surface area (Å²) in [6.45, 7) is 3.26. The van der Waals surface area contributed by atoms with E-state index in [0.717, 1.165) is 26.3 Å². The third kappa shape index (κ3) is 5.49.